The normalized spacial score (nSPS) is 14.4. The zero-order valence-corrected chi connectivity index (χ0v) is 17.3. The summed E-state index contributed by atoms with van der Waals surface area (Å²) in [5.74, 6) is 1.33. The zero-order valence-electron chi connectivity index (χ0n) is 15.7. The molecular formula is C20H22N4O2S2. The summed E-state index contributed by atoms with van der Waals surface area (Å²) in [6.45, 7) is 5.67. The molecule has 1 aliphatic heterocycles. The van der Waals surface area contributed by atoms with Crippen LogP contribution in [0, 0.1) is 6.92 Å². The molecule has 0 N–H and O–H groups in total. The first-order chi connectivity index (χ1) is 13.7. The molecule has 1 fully saturated rings. The zero-order chi connectivity index (χ0) is 19.3. The number of aromatic nitrogens is 3. The van der Waals surface area contributed by atoms with Crippen LogP contribution in [0.2, 0.25) is 0 Å². The average molecular weight is 415 g/mol. The van der Waals surface area contributed by atoms with Gasteiger partial charge in [-0.15, -0.1) is 21.5 Å². The van der Waals surface area contributed by atoms with E-state index < -0.39 is 0 Å². The molecular weight excluding hydrogens is 392 g/mol. The number of nitrogens with zero attached hydrogens (tertiary/aromatic N) is 4. The van der Waals surface area contributed by atoms with E-state index in [1.165, 1.54) is 28.7 Å². The van der Waals surface area contributed by atoms with Gasteiger partial charge in [-0.1, -0.05) is 42.1 Å². The number of hydrogen-bond acceptors (Lipinski definition) is 7. The van der Waals surface area contributed by atoms with Crippen LogP contribution >= 0.6 is 23.1 Å². The minimum atomic E-state index is 0.130. The summed E-state index contributed by atoms with van der Waals surface area (Å²) in [6, 6.07) is 14.1. The fourth-order valence-electron chi connectivity index (χ4n) is 3.08. The molecule has 0 unspecified atom stereocenters. The van der Waals surface area contributed by atoms with Crippen molar-refractivity contribution < 1.29 is 9.53 Å². The third kappa shape index (κ3) is 4.45. The molecule has 3 aromatic rings. The molecule has 0 aliphatic carbocycles. The highest BCUT2D eigenvalue weighted by Crippen LogP contribution is 2.26. The second-order valence-electron chi connectivity index (χ2n) is 6.58. The Kier molecular flexibility index (Phi) is 6.09. The lowest BCUT2D eigenvalue weighted by atomic mass is 10.2. The van der Waals surface area contributed by atoms with Crippen molar-refractivity contribution >= 4 is 34.8 Å². The van der Waals surface area contributed by atoms with Gasteiger partial charge in [0.2, 0.25) is 5.95 Å². The van der Waals surface area contributed by atoms with Crippen LogP contribution in [0.4, 0.5) is 5.95 Å². The molecule has 8 heteroatoms. The number of thioether (sulfide) groups is 1. The number of ether oxygens (including phenoxy) is 1. The fraction of sp³-hybridized carbons (Fsp3) is 0.350. The van der Waals surface area contributed by atoms with E-state index in [9.17, 15) is 4.79 Å². The molecule has 1 aromatic carbocycles. The van der Waals surface area contributed by atoms with E-state index in [1.54, 1.807) is 0 Å². The van der Waals surface area contributed by atoms with Crippen LogP contribution in [0.1, 0.15) is 20.1 Å². The van der Waals surface area contributed by atoms with E-state index in [1.807, 2.05) is 37.3 Å². The summed E-state index contributed by atoms with van der Waals surface area (Å²) in [5.41, 5.74) is 1.18. The third-order valence-electron chi connectivity index (χ3n) is 4.52. The molecule has 0 spiro atoms. The number of rotatable bonds is 7. The second kappa shape index (κ2) is 8.89. The van der Waals surface area contributed by atoms with Gasteiger partial charge in [0, 0.05) is 18.0 Å². The number of hydrogen-bond donors (Lipinski definition) is 0. The lowest BCUT2D eigenvalue weighted by Gasteiger charge is -2.28. The van der Waals surface area contributed by atoms with Gasteiger partial charge in [-0.3, -0.25) is 9.36 Å². The van der Waals surface area contributed by atoms with Crippen LogP contribution in [0.25, 0.3) is 0 Å². The number of aryl methyl sites for hydroxylation is 1. The van der Waals surface area contributed by atoms with E-state index >= 15 is 0 Å². The molecule has 4 rings (SSSR count). The Morgan fingerprint density at radius 1 is 1.14 bits per heavy atom. The van der Waals surface area contributed by atoms with Crippen molar-refractivity contribution in [3.05, 3.63) is 57.8 Å². The average Bonchev–Trinajstić information content (AvgIpc) is 3.34. The highest BCUT2D eigenvalue weighted by molar-refractivity contribution is 7.99. The Labute approximate surface area is 172 Å². The highest BCUT2D eigenvalue weighted by atomic mass is 32.2. The summed E-state index contributed by atoms with van der Waals surface area (Å²) < 4.78 is 7.58. The predicted octanol–water partition coefficient (Wildman–Crippen LogP) is 3.51. The monoisotopic (exact) mass is 414 g/mol. The van der Waals surface area contributed by atoms with E-state index in [2.05, 4.69) is 31.8 Å². The maximum absolute atomic E-state index is 12.5. The number of anilines is 1. The quantitative estimate of drug-likeness (QED) is 0.436. The summed E-state index contributed by atoms with van der Waals surface area (Å²) in [4.78, 5) is 16.7. The van der Waals surface area contributed by atoms with Crippen LogP contribution < -0.4 is 4.90 Å². The molecule has 2 aromatic heterocycles. The van der Waals surface area contributed by atoms with Crippen LogP contribution in [0.3, 0.4) is 0 Å². The van der Waals surface area contributed by atoms with Crippen molar-refractivity contribution in [2.24, 2.45) is 0 Å². The van der Waals surface area contributed by atoms with Crippen LogP contribution in [-0.4, -0.2) is 52.6 Å². The summed E-state index contributed by atoms with van der Waals surface area (Å²) in [5, 5.41) is 9.62. The Hall–Kier alpha value is -2.16. The number of carbonyl (C=O) groups is 1. The Bertz CT molecular complexity index is 933. The lowest BCUT2D eigenvalue weighted by molar-refractivity contribution is 0.102. The maximum atomic E-state index is 12.5. The standard InChI is InChI=1S/C20H22N4O2S2/c1-15-7-8-18(28-15)17(25)14-27-20-22-21-19(23-9-11-26-12-10-23)24(20)13-16-5-3-2-4-6-16/h2-8H,9-14H2,1H3. The van der Waals surface area contributed by atoms with Gasteiger partial charge in [0.15, 0.2) is 10.9 Å². The first kappa shape index (κ1) is 19.2. The van der Waals surface area contributed by atoms with Crippen molar-refractivity contribution in [3.8, 4) is 0 Å². The van der Waals surface area contributed by atoms with E-state index in [0.717, 1.165) is 33.9 Å². The molecule has 1 saturated heterocycles. The Morgan fingerprint density at radius 2 is 1.93 bits per heavy atom. The van der Waals surface area contributed by atoms with Gasteiger partial charge in [-0.05, 0) is 24.6 Å². The topological polar surface area (TPSA) is 60.3 Å². The van der Waals surface area contributed by atoms with Gasteiger partial charge in [0.1, 0.15) is 0 Å². The summed E-state index contributed by atoms with van der Waals surface area (Å²) in [6.07, 6.45) is 0. The summed E-state index contributed by atoms with van der Waals surface area (Å²) >= 11 is 2.99. The van der Waals surface area contributed by atoms with Gasteiger partial charge in [-0.25, -0.2) is 0 Å². The van der Waals surface area contributed by atoms with Crippen molar-refractivity contribution in [2.75, 3.05) is 37.0 Å². The van der Waals surface area contributed by atoms with E-state index in [4.69, 9.17) is 4.74 Å². The molecule has 0 radical (unpaired) electrons. The number of Topliss-reactive ketones (excluding diaryl/α,β-unsaturated/α-hetero) is 1. The van der Waals surface area contributed by atoms with Gasteiger partial charge in [-0.2, -0.15) is 0 Å². The number of benzene rings is 1. The Morgan fingerprint density at radius 3 is 2.64 bits per heavy atom. The van der Waals surface area contributed by atoms with Gasteiger partial charge in [0.25, 0.3) is 0 Å². The maximum Gasteiger partial charge on any atom is 0.228 e. The second-order valence-corrected chi connectivity index (χ2v) is 8.81. The van der Waals surface area contributed by atoms with Crippen LogP contribution in [0.5, 0.6) is 0 Å². The molecule has 146 valence electrons. The van der Waals surface area contributed by atoms with E-state index in [0.29, 0.717) is 25.5 Å². The molecule has 0 bridgehead atoms. The first-order valence-electron chi connectivity index (χ1n) is 9.23. The molecule has 0 amide bonds. The Balaban J connectivity index is 1.55. The molecule has 0 saturated carbocycles. The van der Waals surface area contributed by atoms with Gasteiger partial charge in [0.05, 0.1) is 30.4 Å². The summed E-state index contributed by atoms with van der Waals surface area (Å²) in [7, 11) is 0. The smallest absolute Gasteiger partial charge is 0.228 e. The van der Waals surface area contributed by atoms with Gasteiger partial charge >= 0.3 is 0 Å². The highest BCUT2D eigenvalue weighted by Gasteiger charge is 2.21. The van der Waals surface area contributed by atoms with Crippen LogP contribution in [0.15, 0.2) is 47.6 Å². The van der Waals surface area contributed by atoms with Gasteiger partial charge < -0.3 is 9.64 Å². The first-order valence-corrected chi connectivity index (χ1v) is 11.0. The van der Waals surface area contributed by atoms with Crippen LogP contribution in [-0.2, 0) is 11.3 Å². The lowest BCUT2D eigenvalue weighted by Crippen LogP contribution is -2.38. The van der Waals surface area contributed by atoms with Crippen molar-refractivity contribution in [2.45, 2.75) is 18.6 Å². The van der Waals surface area contributed by atoms with Crippen molar-refractivity contribution in [3.63, 3.8) is 0 Å². The molecule has 6 nitrogen and oxygen atoms in total. The number of thiophene rings is 1. The molecule has 3 heterocycles. The third-order valence-corrected chi connectivity index (χ3v) is 6.53. The predicted molar refractivity (Wildman–Crippen MR) is 113 cm³/mol. The molecule has 1 aliphatic rings. The minimum absolute atomic E-state index is 0.130. The largest absolute Gasteiger partial charge is 0.378 e. The number of ketones is 1. The van der Waals surface area contributed by atoms with Crippen molar-refractivity contribution in [1.29, 1.82) is 0 Å². The number of carbonyl (C=O) groups excluding carboxylic acids is 1. The fourth-order valence-corrected chi connectivity index (χ4v) is 4.79. The minimum Gasteiger partial charge on any atom is -0.378 e. The SMILES string of the molecule is Cc1ccc(C(=O)CSc2nnc(N3CCOCC3)n2Cc2ccccc2)s1. The van der Waals surface area contributed by atoms with E-state index in [-0.39, 0.29) is 5.78 Å². The molecule has 28 heavy (non-hydrogen) atoms. The van der Waals surface area contributed by atoms with Crippen molar-refractivity contribution in [1.82, 2.24) is 14.8 Å². The molecule has 0 atom stereocenters. The number of morpholine rings is 1.